The summed E-state index contributed by atoms with van der Waals surface area (Å²) in [5.41, 5.74) is 0. The fourth-order valence-electron chi connectivity index (χ4n) is 1.50. The Morgan fingerprint density at radius 2 is 1.70 bits per heavy atom. The molecule has 1 aromatic carbocycles. The first-order valence-electron chi connectivity index (χ1n) is 5.73. The van der Waals surface area contributed by atoms with E-state index in [-0.39, 0.29) is 0 Å². The third-order valence-electron chi connectivity index (χ3n) is 2.55. The van der Waals surface area contributed by atoms with Gasteiger partial charge >= 0.3 is 5.97 Å². The number of carbonyl (C=O) groups excluding carboxylic acids is 1. The molecule has 0 aliphatic rings. The van der Waals surface area contributed by atoms with Gasteiger partial charge in [-0.25, -0.2) is 17.2 Å². The van der Waals surface area contributed by atoms with Gasteiger partial charge in [0, 0.05) is 6.07 Å². The molecule has 0 fully saturated rings. The Morgan fingerprint density at radius 1 is 1.20 bits per heavy atom. The van der Waals surface area contributed by atoms with Crippen LogP contribution >= 0.6 is 0 Å². The van der Waals surface area contributed by atoms with E-state index in [2.05, 4.69) is 9.46 Å². The molecule has 1 N–H and O–H groups in total. The highest BCUT2D eigenvalue weighted by molar-refractivity contribution is 7.89. The lowest BCUT2D eigenvalue weighted by Crippen LogP contribution is -2.44. The monoisotopic (exact) mass is 307 g/mol. The van der Waals surface area contributed by atoms with Crippen molar-refractivity contribution in [1.29, 1.82) is 0 Å². The van der Waals surface area contributed by atoms with Gasteiger partial charge in [-0.05, 0) is 18.1 Å². The van der Waals surface area contributed by atoms with Crippen LogP contribution in [-0.4, -0.2) is 27.5 Å². The molecular formula is C12H15F2NO4S. The molecule has 0 bridgehead atoms. The van der Waals surface area contributed by atoms with Gasteiger partial charge in [0.1, 0.15) is 17.7 Å². The Bertz CT molecular complexity index is 581. The standard InChI is InChI=1S/C12H15F2NO4S/c1-7(2)11(12(16)19-3)15-20(17,18)10-5-8(13)4-9(14)6-10/h4-7,11,15H,1-3H3. The van der Waals surface area contributed by atoms with Gasteiger partial charge in [-0.15, -0.1) is 0 Å². The van der Waals surface area contributed by atoms with Gasteiger partial charge in [0.25, 0.3) is 0 Å². The summed E-state index contributed by atoms with van der Waals surface area (Å²) in [5, 5.41) is 0. The second-order valence-electron chi connectivity index (χ2n) is 4.47. The molecule has 1 rings (SSSR count). The Balaban J connectivity index is 3.13. The van der Waals surface area contributed by atoms with Crippen molar-refractivity contribution in [2.45, 2.75) is 24.8 Å². The van der Waals surface area contributed by atoms with Gasteiger partial charge in [0.15, 0.2) is 0 Å². The van der Waals surface area contributed by atoms with E-state index in [1.54, 1.807) is 13.8 Å². The van der Waals surface area contributed by atoms with E-state index in [1.165, 1.54) is 0 Å². The average molecular weight is 307 g/mol. The highest BCUT2D eigenvalue weighted by atomic mass is 32.2. The predicted octanol–water partition coefficient (Wildman–Crippen LogP) is 1.44. The van der Waals surface area contributed by atoms with E-state index >= 15 is 0 Å². The molecular weight excluding hydrogens is 292 g/mol. The van der Waals surface area contributed by atoms with Crippen molar-refractivity contribution in [2.24, 2.45) is 5.92 Å². The summed E-state index contributed by atoms with van der Waals surface area (Å²) in [5.74, 6) is -3.22. The first-order chi connectivity index (χ1) is 9.17. The molecule has 0 aliphatic heterocycles. The number of ether oxygens (including phenoxy) is 1. The minimum Gasteiger partial charge on any atom is -0.468 e. The smallest absolute Gasteiger partial charge is 0.324 e. The Hall–Kier alpha value is -1.54. The third-order valence-corrected chi connectivity index (χ3v) is 3.97. The van der Waals surface area contributed by atoms with Gasteiger partial charge in [0.2, 0.25) is 10.0 Å². The molecule has 0 heterocycles. The SMILES string of the molecule is COC(=O)C(NS(=O)(=O)c1cc(F)cc(F)c1)C(C)C. The van der Waals surface area contributed by atoms with Gasteiger partial charge in [0.05, 0.1) is 12.0 Å². The molecule has 0 amide bonds. The highest BCUT2D eigenvalue weighted by Gasteiger charge is 2.29. The zero-order valence-electron chi connectivity index (χ0n) is 11.2. The van der Waals surface area contributed by atoms with Crippen LogP contribution < -0.4 is 4.72 Å². The minimum atomic E-state index is -4.24. The maximum Gasteiger partial charge on any atom is 0.324 e. The largest absolute Gasteiger partial charge is 0.468 e. The molecule has 0 radical (unpaired) electrons. The molecule has 0 spiro atoms. The number of carbonyl (C=O) groups is 1. The van der Waals surface area contributed by atoms with Crippen molar-refractivity contribution in [1.82, 2.24) is 4.72 Å². The number of nitrogens with one attached hydrogen (secondary N) is 1. The lowest BCUT2D eigenvalue weighted by Gasteiger charge is -2.19. The molecule has 1 atom stereocenters. The van der Waals surface area contributed by atoms with Crippen molar-refractivity contribution in [3.8, 4) is 0 Å². The van der Waals surface area contributed by atoms with Crippen molar-refractivity contribution in [3.63, 3.8) is 0 Å². The summed E-state index contributed by atoms with van der Waals surface area (Å²) < 4.78 is 56.7. The van der Waals surface area contributed by atoms with Crippen LogP contribution in [-0.2, 0) is 19.6 Å². The van der Waals surface area contributed by atoms with Crippen LogP contribution in [0.3, 0.4) is 0 Å². The van der Waals surface area contributed by atoms with Gasteiger partial charge in [-0.2, -0.15) is 4.72 Å². The van der Waals surface area contributed by atoms with Gasteiger partial charge < -0.3 is 4.74 Å². The van der Waals surface area contributed by atoms with Crippen LogP contribution in [0, 0.1) is 17.6 Å². The van der Waals surface area contributed by atoms with E-state index in [1.807, 2.05) is 0 Å². The van der Waals surface area contributed by atoms with Crippen LogP contribution in [0.5, 0.6) is 0 Å². The lowest BCUT2D eigenvalue weighted by molar-refractivity contribution is -0.143. The first kappa shape index (κ1) is 16.5. The quantitative estimate of drug-likeness (QED) is 0.836. The first-order valence-corrected chi connectivity index (χ1v) is 7.22. The molecule has 0 saturated heterocycles. The molecule has 112 valence electrons. The van der Waals surface area contributed by atoms with Crippen molar-refractivity contribution < 1.29 is 26.7 Å². The number of benzene rings is 1. The molecule has 5 nitrogen and oxygen atoms in total. The Labute approximate surface area is 116 Å². The molecule has 20 heavy (non-hydrogen) atoms. The molecule has 8 heteroatoms. The number of methoxy groups -OCH3 is 1. The maximum absolute atomic E-state index is 13.1. The molecule has 0 aliphatic carbocycles. The summed E-state index contributed by atoms with van der Waals surface area (Å²) >= 11 is 0. The van der Waals surface area contributed by atoms with Crippen LogP contribution in [0.2, 0.25) is 0 Å². The zero-order chi connectivity index (χ0) is 15.5. The number of esters is 1. The summed E-state index contributed by atoms with van der Waals surface area (Å²) in [6, 6.07) is 0.746. The second-order valence-corrected chi connectivity index (χ2v) is 6.19. The highest BCUT2D eigenvalue weighted by Crippen LogP contribution is 2.15. The maximum atomic E-state index is 13.1. The van der Waals surface area contributed by atoms with Crippen LogP contribution in [0.1, 0.15) is 13.8 Å². The normalized spacial score (nSPS) is 13.3. The number of hydrogen-bond donors (Lipinski definition) is 1. The molecule has 0 saturated carbocycles. The number of halogens is 2. The van der Waals surface area contributed by atoms with Gasteiger partial charge in [-0.1, -0.05) is 13.8 Å². The lowest BCUT2D eigenvalue weighted by atomic mass is 10.1. The van der Waals surface area contributed by atoms with Crippen molar-refractivity contribution in [3.05, 3.63) is 29.8 Å². The van der Waals surface area contributed by atoms with Crippen LogP contribution in [0.25, 0.3) is 0 Å². The summed E-state index contributed by atoms with van der Waals surface area (Å²) in [4.78, 5) is 10.9. The van der Waals surface area contributed by atoms with E-state index in [4.69, 9.17) is 0 Å². The van der Waals surface area contributed by atoms with E-state index in [0.29, 0.717) is 18.2 Å². The zero-order valence-corrected chi connectivity index (χ0v) is 12.0. The van der Waals surface area contributed by atoms with E-state index in [0.717, 1.165) is 7.11 Å². The van der Waals surface area contributed by atoms with Gasteiger partial charge in [-0.3, -0.25) is 4.79 Å². The third kappa shape index (κ3) is 3.97. The minimum absolute atomic E-state index is 0.393. The topological polar surface area (TPSA) is 72.5 Å². The fraction of sp³-hybridized carbons (Fsp3) is 0.417. The average Bonchev–Trinajstić information content (AvgIpc) is 2.33. The van der Waals surface area contributed by atoms with Crippen molar-refractivity contribution in [2.75, 3.05) is 7.11 Å². The number of sulfonamides is 1. The summed E-state index contributed by atoms with van der Waals surface area (Å²) in [6.07, 6.45) is 0. The predicted molar refractivity (Wildman–Crippen MR) is 67.3 cm³/mol. The van der Waals surface area contributed by atoms with E-state index in [9.17, 15) is 22.0 Å². The number of rotatable bonds is 5. The molecule has 1 unspecified atom stereocenters. The summed E-state index contributed by atoms with van der Waals surface area (Å²) in [6.45, 7) is 3.21. The van der Waals surface area contributed by atoms with Crippen LogP contribution in [0.15, 0.2) is 23.1 Å². The van der Waals surface area contributed by atoms with Crippen molar-refractivity contribution >= 4 is 16.0 Å². The molecule has 1 aromatic rings. The Morgan fingerprint density at radius 3 is 2.10 bits per heavy atom. The second kappa shape index (κ2) is 6.27. The van der Waals surface area contributed by atoms with E-state index < -0.39 is 44.5 Å². The summed E-state index contributed by atoms with van der Waals surface area (Å²) in [7, 11) is -3.12. The molecule has 0 aromatic heterocycles. The number of hydrogen-bond acceptors (Lipinski definition) is 4. The van der Waals surface area contributed by atoms with Crippen LogP contribution in [0.4, 0.5) is 8.78 Å². The fourth-order valence-corrected chi connectivity index (χ4v) is 2.88. The Kier molecular flexibility index (Phi) is 5.18.